The van der Waals surface area contributed by atoms with Crippen LogP contribution in [0.15, 0.2) is 48.5 Å². The average molecular weight is 375 g/mol. The van der Waals surface area contributed by atoms with Crippen molar-refractivity contribution < 1.29 is 0 Å². The SMILES string of the molecule is C[C@@]1(N)c2ccccc2C[C@@H]2CC2(I)c2ccccc21. The molecule has 1 unspecified atom stereocenters. The van der Waals surface area contributed by atoms with Gasteiger partial charge in [-0.05, 0) is 47.9 Å². The predicted octanol–water partition coefficient (Wildman–Crippen LogP) is 4.12. The largest absolute Gasteiger partial charge is 0.318 e. The van der Waals surface area contributed by atoms with Crippen molar-refractivity contribution in [3.63, 3.8) is 0 Å². The van der Waals surface area contributed by atoms with Crippen molar-refractivity contribution in [3.05, 3.63) is 70.8 Å². The first-order chi connectivity index (χ1) is 9.53. The molecule has 0 aliphatic heterocycles. The molecule has 2 aliphatic carbocycles. The Labute approximate surface area is 133 Å². The smallest absolute Gasteiger partial charge is 0.0642 e. The van der Waals surface area contributed by atoms with Crippen molar-refractivity contribution in [1.29, 1.82) is 0 Å². The maximum atomic E-state index is 6.81. The van der Waals surface area contributed by atoms with Crippen LogP contribution >= 0.6 is 22.6 Å². The first-order valence-electron chi connectivity index (χ1n) is 7.19. The monoisotopic (exact) mass is 375 g/mol. The van der Waals surface area contributed by atoms with Gasteiger partial charge in [-0.15, -0.1) is 0 Å². The highest BCUT2D eigenvalue weighted by molar-refractivity contribution is 14.1. The molecule has 4 rings (SSSR count). The van der Waals surface area contributed by atoms with E-state index in [4.69, 9.17) is 5.73 Å². The van der Waals surface area contributed by atoms with E-state index in [1.807, 2.05) is 0 Å². The van der Waals surface area contributed by atoms with Crippen LogP contribution in [0.1, 0.15) is 35.6 Å². The van der Waals surface area contributed by atoms with Crippen LogP contribution in [0, 0.1) is 5.92 Å². The predicted molar refractivity (Wildman–Crippen MR) is 91.0 cm³/mol. The van der Waals surface area contributed by atoms with E-state index in [1.54, 1.807) is 0 Å². The Kier molecular flexibility index (Phi) is 2.62. The second-order valence-corrected chi connectivity index (χ2v) is 8.30. The van der Waals surface area contributed by atoms with Crippen molar-refractivity contribution in [2.75, 3.05) is 0 Å². The van der Waals surface area contributed by atoms with Crippen LogP contribution in [-0.2, 0) is 15.4 Å². The Morgan fingerprint density at radius 2 is 1.60 bits per heavy atom. The van der Waals surface area contributed by atoms with Crippen molar-refractivity contribution in [1.82, 2.24) is 0 Å². The van der Waals surface area contributed by atoms with Gasteiger partial charge in [-0.3, -0.25) is 0 Å². The van der Waals surface area contributed by atoms with Gasteiger partial charge in [0, 0.05) is 0 Å². The number of alkyl halides is 1. The summed E-state index contributed by atoms with van der Waals surface area (Å²) in [7, 11) is 0. The van der Waals surface area contributed by atoms with Gasteiger partial charge >= 0.3 is 0 Å². The topological polar surface area (TPSA) is 26.0 Å². The van der Waals surface area contributed by atoms with Crippen molar-refractivity contribution in [2.45, 2.75) is 28.7 Å². The maximum absolute atomic E-state index is 6.81. The fraction of sp³-hybridized carbons (Fsp3) is 0.333. The number of hydrogen-bond donors (Lipinski definition) is 1. The van der Waals surface area contributed by atoms with Crippen LogP contribution in [0.25, 0.3) is 0 Å². The van der Waals surface area contributed by atoms with E-state index < -0.39 is 5.54 Å². The second-order valence-electron chi connectivity index (χ2n) is 6.37. The Morgan fingerprint density at radius 1 is 1.00 bits per heavy atom. The normalized spacial score (nSPS) is 34.2. The van der Waals surface area contributed by atoms with E-state index >= 15 is 0 Å². The molecule has 20 heavy (non-hydrogen) atoms. The summed E-state index contributed by atoms with van der Waals surface area (Å²) in [5, 5.41) is 0. The van der Waals surface area contributed by atoms with Gasteiger partial charge in [0.1, 0.15) is 0 Å². The first kappa shape index (κ1) is 12.8. The zero-order valence-electron chi connectivity index (χ0n) is 11.6. The number of hydrogen-bond acceptors (Lipinski definition) is 1. The molecule has 3 atom stereocenters. The fourth-order valence-electron chi connectivity index (χ4n) is 3.78. The van der Waals surface area contributed by atoms with Gasteiger partial charge in [0.15, 0.2) is 0 Å². The van der Waals surface area contributed by atoms with Gasteiger partial charge in [-0.2, -0.15) is 0 Å². The zero-order valence-corrected chi connectivity index (χ0v) is 13.7. The summed E-state index contributed by atoms with van der Waals surface area (Å²) < 4.78 is 0.294. The second kappa shape index (κ2) is 4.08. The molecule has 2 aromatic carbocycles. The Hall–Kier alpha value is -0.870. The summed E-state index contributed by atoms with van der Waals surface area (Å²) in [4.78, 5) is 0. The Balaban J connectivity index is 2.03. The van der Waals surface area contributed by atoms with Crippen LogP contribution < -0.4 is 5.73 Å². The molecule has 0 spiro atoms. The van der Waals surface area contributed by atoms with Crippen molar-refractivity contribution in [2.24, 2.45) is 11.7 Å². The summed E-state index contributed by atoms with van der Waals surface area (Å²) in [6, 6.07) is 17.5. The molecule has 0 bridgehead atoms. The standard InChI is InChI=1S/C18H18IN/c1-17(20)14-7-3-2-6-12(14)10-13-11-18(13,19)16-9-5-4-8-15(16)17/h2-9,13H,10-11,20H2,1H3/t13-,17-,18?/m1/s1. The molecule has 2 aromatic rings. The lowest BCUT2D eigenvalue weighted by atomic mass is 9.77. The van der Waals surface area contributed by atoms with Gasteiger partial charge in [-0.25, -0.2) is 0 Å². The van der Waals surface area contributed by atoms with Crippen molar-refractivity contribution in [3.8, 4) is 0 Å². The number of nitrogens with two attached hydrogens (primary N) is 1. The molecule has 0 heterocycles. The number of benzene rings is 2. The maximum Gasteiger partial charge on any atom is 0.0642 e. The molecule has 1 fully saturated rings. The van der Waals surface area contributed by atoms with Gasteiger partial charge in [-0.1, -0.05) is 71.1 Å². The molecule has 0 amide bonds. The molecule has 102 valence electrons. The lowest BCUT2D eigenvalue weighted by Gasteiger charge is -2.34. The van der Waals surface area contributed by atoms with Gasteiger partial charge in [0.2, 0.25) is 0 Å². The number of rotatable bonds is 0. The van der Waals surface area contributed by atoms with E-state index in [1.165, 1.54) is 28.7 Å². The van der Waals surface area contributed by atoms with Gasteiger partial charge in [0.25, 0.3) is 0 Å². The molecule has 2 N–H and O–H groups in total. The summed E-state index contributed by atoms with van der Waals surface area (Å²) in [6.07, 6.45) is 2.43. The quantitative estimate of drug-likeness (QED) is 0.544. The van der Waals surface area contributed by atoms with Crippen LogP contribution in [0.2, 0.25) is 0 Å². The molecule has 1 nitrogen and oxygen atoms in total. The van der Waals surface area contributed by atoms with E-state index in [0.29, 0.717) is 3.42 Å². The average Bonchev–Trinajstić information content (AvgIpc) is 3.10. The third kappa shape index (κ3) is 1.64. The summed E-state index contributed by atoms with van der Waals surface area (Å²) in [6.45, 7) is 2.16. The van der Waals surface area contributed by atoms with E-state index in [-0.39, 0.29) is 0 Å². The molecule has 1 saturated carbocycles. The molecule has 2 aliphatic rings. The van der Waals surface area contributed by atoms with E-state index in [0.717, 1.165) is 12.3 Å². The zero-order chi connectivity index (χ0) is 14.0. The lowest BCUT2D eigenvalue weighted by molar-refractivity contribution is 0.570. The molecule has 0 aromatic heterocycles. The van der Waals surface area contributed by atoms with Crippen LogP contribution in [-0.4, -0.2) is 0 Å². The number of fused-ring (bicyclic) bond motifs is 4. The minimum Gasteiger partial charge on any atom is -0.318 e. The first-order valence-corrected chi connectivity index (χ1v) is 8.27. The van der Waals surface area contributed by atoms with Crippen LogP contribution in [0.5, 0.6) is 0 Å². The van der Waals surface area contributed by atoms with Gasteiger partial charge < -0.3 is 5.73 Å². The number of halogens is 1. The van der Waals surface area contributed by atoms with E-state index in [9.17, 15) is 0 Å². The fourth-order valence-corrected chi connectivity index (χ4v) is 5.00. The van der Waals surface area contributed by atoms with Crippen molar-refractivity contribution >= 4 is 22.6 Å². The highest BCUT2D eigenvalue weighted by Crippen LogP contribution is 2.63. The highest BCUT2D eigenvalue weighted by atomic mass is 127. The molecule has 0 radical (unpaired) electrons. The summed E-state index contributed by atoms with van der Waals surface area (Å²) in [5.74, 6) is 0.751. The van der Waals surface area contributed by atoms with Gasteiger partial charge in [0.05, 0.1) is 8.96 Å². The molecular weight excluding hydrogens is 357 g/mol. The Morgan fingerprint density at radius 3 is 2.35 bits per heavy atom. The lowest BCUT2D eigenvalue weighted by Crippen LogP contribution is -2.38. The molecular formula is C18H18IN. The summed E-state index contributed by atoms with van der Waals surface area (Å²) >= 11 is 2.66. The van der Waals surface area contributed by atoms with E-state index in [2.05, 4.69) is 78.0 Å². The van der Waals surface area contributed by atoms with Crippen LogP contribution in [0.4, 0.5) is 0 Å². The third-order valence-electron chi connectivity index (χ3n) is 5.01. The minimum absolute atomic E-state index is 0.294. The summed E-state index contributed by atoms with van der Waals surface area (Å²) in [5.41, 5.74) is 11.9. The minimum atomic E-state index is -0.404. The third-order valence-corrected chi connectivity index (χ3v) is 6.91. The van der Waals surface area contributed by atoms with Crippen LogP contribution in [0.3, 0.4) is 0 Å². The Bertz CT molecular complexity index is 691. The molecule has 2 heteroatoms. The highest BCUT2D eigenvalue weighted by Gasteiger charge is 2.56. The molecule has 0 saturated heterocycles.